The lowest BCUT2D eigenvalue weighted by molar-refractivity contribution is -0.131. The Bertz CT molecular complexity index is 1500. The number of methoxy groups -OCH3 is 3. The third kappa shape index (κ3) is 5.35. The minimum Gasteiger partial charge on any atom is -0.497 e. The Morgan fingerprint density at radius 3 is 2.03 bits per heavy atom. The van der Waals surface area contributed by atoms with Crippen molar-refractivity contribution >= 4 is 43.5 Å². The van der Waals surface area contributed by atoms with Crippen molar-refractivity contribution in [2.75, 3.05) is 21.3 Å². The Hall–Kier alpha value is -3.56. The third-order valence-electron chi connectivity index (χ3n) is 5.89. The molecule has 0 fully saturated rings. The number of carbonyl (C=O) groups is 1. The first-order valence-electron chi connectivity index (χ1n) is 11.7. The Kier molecular flexibility index (Phi) is 8.58. The average Bonchev–Trinajstić information content (AvgIpc) is 2.93. The molecule has 9 heteroatoms. The van der Waals surface area contributed by atoms with Gasteiger partial charge >= 0.3 is 5.97 Å². The lowest BCUT2D eigenvalue weighted by atomic mass is 10.1. The maximum absolute atomic E-state index is 13.9. The predicted molar refractivity (Wildman–Crippen MR) is 149 cm³/mol. The molecular formula is C29H27BrO7S. The maximum Gasteiger partial charge on any atom is 0.308 e. The van der Waals surface area contributed by atoms with Crippen LogP contribution in [0.25, 0.3) is 10.8 Å². The molecule has 0 spiro atoms. The van der Waals surface area contributed by atoms with Crippen LogP contribution in [-0.4, -0.2) is 31.5 Å². The first kappa shape index (κ1) is 27.5. The average molecular weight is 599 g/mol. The largest absolute Gasteiger partial charge is 0.497 e. The zero-order valence-corrected chi connectivity index (χ0v) is 24.0. The molecule has 0 bridgehead atoms. The van der Waals surface area contributed by atoms with Crippen LogP contribution in [-0.2, 0) is 15.6 Å². The quantitative estimate of drug-likeness (QED) is 0.154. The van der Waals surface area contributed by atoms with Crippen LogP contribution < -0.4 is 23.7 Å². The first-order valence-corrected chi connectivity index (χ1v) is 13.6. The molecule has 0 aromatic heterocycles. The molecule has 4 rings (SSSR count). The summed E-state index contributed by atoms with van der Waals surface area (Å²) in [5, 5.41) is 0.975. The van der Waals surface area contributed by atoms with Gasteiger partial charge in [0.2, 0.25) is 11.5 Å². The van der Waals surface area contributed by atoms with E-state index in [2.05, 4.69) is 15.9 Å². The van der Waals surface area contributed by atoms with Crippen molar-refractivity contribution in [3.8, 4) is 28.7 Å². The second-order valence-corrected chi connectivity index (χ2v) is 10.5. The molecule has 38 heavy (non-hydrogen) atoms. The van der Waals surface area contributed by atoms with Gasteiger partial charge in [-0.3, -0.25) is 4.79 Å². The number of carbonyl (C=O) groups excluding carboxylic acids is 1. The zero-order valence-electron chi connectivity index (χ0n) is 21.6. The Labute approximate surface area is 232 Å². The van der Waals surface area contributed by atoms with Crippen LogP contribution in [0.4, 0.5) is 0 Å². The van der Waals surface area contributed by atoms with Gasteiger partial charge in [0.05, 0.1) is 41.9 Å². The number of rotatable bonds is 9. The molecule has 0 aliphatic heterocycles. The molecule has 0 amide bonds. The van der Waals surface area contributed by atoms with Gasteiger partial charge in [-0.05, 0) is 58.7 Å². The molecule has 2 atom stereocenters. The molecule has 0 saturated heterocycles. The van der Waals surface area contributed by atoms with Crippen molar-refractivity contribution in [2.24, 2.45) is 0 Å². The molecule has 0 heterocycles. The van der Waals surface area contributed by atoms with Crippen LogP contribution in [0.2, 0.25) is 0 Å². The highest BCUT2D eigenvalue weighted by Gasteiger charge is 2.29. The SMILES string of the molecule is COc1ccc(C(C)Oc2c(OC)c(OC)c(OC(C)=O)c3c(S(=O)c4ccccc4Br)cccc23)cc1. The van der Waals surface area contributed by atoms with E-state index in [1.807, 2.05) is 49.4 Å². The van der Waals surface area contributed by atoms with E-state index in [1.54, 1.807) is 31.4 Å². The van der Waals surface area contributed by atoms with Crippen molar-refractivity contribution in [2.45, 2.75) is 29.7 Å². The topological polar surface area (TPSA) is 80.3 Å². The van der Waals surface area contributed by atoms with Crippen LogP contribution in [0.5, 0.6) is 28.7 Å². The molecular weight excluding hydrogens is 572 g/mol. The van der Waals surface area contributed by atoms with E-state index >= 15 is 0 Å². The van der Waals surface area contributed by atoms with Crippen molar-refractivity contribution in [3.05, 3.63) is 76.8 Å². The Morgan fingerprint density at radius 1 is 0.789 bits per heavy atom. The molecule has 0 aliphatic carbocycles. The predicted octanol–water partition coefficient (Wildman–Crippen LogP) is 6.86. The van der Waals surface area contributed by atoms with Gasteiger partial charge in [0.15, 0.2) is 11.5 Å². The van der Waals surface area contributed by atoms with Crippen LogP contribution in [0, 0.1) is 0 Å². The van der Waals surface area contributed by atoms with Gasteiger partial charge in [-0.1, -0.05) is 36.4 Å². The summed E-state index contributed by atoms with van der Waals surface area (Å²) >= 11 is 3.49. The van der Waals surface area contributed by atoms with Gasteiger partial charge in [-0.25, -0.2) is 4.21 Å². The van der Waals surface area contributed by atoms with Crippen molar-refractivity contribution in [3.63, 3.8) is 0 Å². The van der Waals surface area contributed by atoms with Crippen LogP contribution >= 0.6 is 15.9 Å². The van der Waals surface area contributed by atoms with E-state index in [0.717, 1.165) is 11.3 Å². The molecule has 0 radical (unpaired) electrons. The second kappa shape index (κ2) is 11.9. The second-order valence-electron chi connectivity index (χ2n) is 8.23. The van der Waals surface area contributed by atoms with Crippen molar-refractivity contribution < 1.29 is 32.7 Å². The van der Waals surface area contributed by atoms with E-state index in [-0.39, 0.29) is 17.2 Å². The fourth-order valence-corrected chi connectivity index (χ4v) is 6.11. The summed E-state index contributed by atoms with van der Waals surface area (Å²) in [6.45, 7) is 3.20. The summed E-state index contributed by atoms with van der Waals surface area (Å²) in [6, 6.07) is 20.1. The Balaban J connectivity index is 1.99. The Morgan fingerprint density at radius 2 is 1.42 bits per heavy atom. The number of fused-ring (bicyclic) bond motifs is 1. The minimum atomic E-state index is -1.64. The highest BCUT2D eigenvalue weighted by Crippen LogP contribution is 2.53. The van der Waals surface area contributed by atoms with Gasteiger partial charge in [0.1, 0.15) is 11.9 Å². The minimum absolute atomic E-state index is 0.104. The third-order valence-corrected chi connectivity index (χ3v) is 8.34. The zero-order chi connectivity index (χ0) is 27.4. The van der Waals surface area contributed by atoms with Crippen LogP contribution in [0.15, 0.2) is 81.0 Å². The monoisotopic (exact) mass is 598 g/mol. The normalized spacial score (nSPS) is 12.5. The van der Waals surface area contributed by atoms with E-state index < -0.39 is 22.9 Å². The van der Waals surface area contributed by atoms with E-state index in [9.17, 15) is 9.00 Å². The van der Waals surface area contributed by atoms with Gasteiger partial charge in [0, 0.05) is 22.2 Å². The molecule has 198 valence electrons. The fourth-order valence-electron chi connectivity index (χ4n) is 4.11. The molecule has 7 nitrogen and oxygen atoms in total. The summed E-state index contributed by atoms with van der Waals surface area (Å²) in [7, 11) is 2.89. The highest BCUT2D eigenvalue weighted by atomic mass is 79.9. The summed E-state index contributed by atoms with van der Waals surface area (Å²) in [5.74, 6) is 1.05. The number of hydrogen-bond donors (Lipinski definition) is 0. The molecule has 4 aromatic carbocycles. The number of hydrogen-bond acceptors (Lipinski definition) is 7. The summed E-state index contributed by atoms with van der Waals surface area (Å²) in [5.41, 5.74) is 0.900. The maximum atomic E-state index is 13.9. The molecule has 4 aromatic rings. The van der Waals surface area contributed by atoms with Gasteiger partial charge < -0.3 is 23.7 Å². The van der Waals surface area contributed by atoms with Gasteiger partial charge in [-0.15, -0.1) is 0 Å². The van der Waals surface area contributed by atoms with Crippen molar-refractivity contribution in [1.29, 1.82) is 0 Å². The van der Waals surface area contributed by atoms with Gasteiger partial charge in [0.25, 0.3) is 0 Å². The lowest BCUT2D eigenvalue weighted by Crippen LogP contribution is -2.09. The lowest BCUT2D eigenvalue weighted by Gasteiger charge is -2.23. The molecule has 0 saturated carbocycles. The van der Waals surface area contributed by atoms with Crippen LogP contribution in [0.1, 0.15) is 25.5 Å². The smallest absolute Gasteiger partial charge is 0.308 e. The fraction of sp³-hybridized carbons (Fsp3) is 0.207. The van der Waals surface area contributed by atoms with Crippen molar-refractivity contribution in [1.82, 2.24) is 0 Å². The summed E-state index contributed by atoms with van der Waals surface area (Å²) < 4.78 is 43.4. The van der Waals surface area contributed by atoms with E-state index in [4.69, 9.17) is 23.7 Å². The van der Waals surface area contributed by atoms with E-state index in [1.165, 1.54) is 21.1 Å². The molecule has 0 N–H and O–H groups in total. The standard InChI is InChI=1S/C29H27BrO7S/c1-17(19-13-15-20(33-3)16-14-19)36-26-21-9-8-12-24(38(32)23-11-7-6-10-22(23)30)25(21)27(37-18(2)31)29(35-5)28(26)34-4/h6-17H,1-5H3. The number of esters is 1. The van der Waals surface area contributed by atoms with Gasteiger partial charge in [-0.2, -0.15) is 0 Å². The number of benzene rings is 4. The van der Waals surface area contributed by atoms with Crippen LogP contribution in [0.3, 0.4) is 0 Å². The molecule has 2 unspecified atom stereocenters. The van der Waals surface area contributed by atoms with E-state index in [0.29, 0.717) is 30.8 Å². The first-order chi connectivity index (χ1) is 18.3. The number of halogens is 1. The molecule has 0 aliphatic rings. The summed E-state index contributed by atoms with van der Waals surface area (Å²) in [6.07, 6.45) is -0.403. The summed E-state index contributed by atoms with van der Waals surface area (Å²) in [4.78, 5) is 13.2. The highest BCUT2D eigenvalue weighted by molar-refractivity contribution is 9.10. The number of ether oxygens (including phenoxy) is 5.